The van der Waals surface area contributed by atoms with Gasteiger partial charge in [-0.15, -0.1) is 0 Å². The first-order valence-electron chi connectivity index (χ1n) is 9.37. The molecule has 24 heavy (non-hydrogen) atoms. The molecule has 2 N–H and O–H groups in total. The second-order valence-corrected chi connectivity index (χ2v) is 8.24. The summed E-state index contributed by atoms with van der Waals surface area (Å²) in [6.07, 6.45) is 8.53. The largest absolute Gasteiger partial charge is 0.355 e. The molecule has 0 heterocycles. The summed E-state index contributed by atoms with van der Waals surface area (Å²) in [5, 5.41) is 6.52. The Morgan fingerprint density at radius 1 is 1.08 bits per heavy atom. The summed E-state index contributed by atoms with van der Waals surface area (Å²) in [5.74, 6) is 2.48. The van der Waals surface area contributed by atoms with E-state index >= 15 is 0 Å². The van der Waals surface area contributed by atoms with Crippen molar-refractivity contribution in [3.63, 3.8) is 0 Å². The lowest BCUT2D eigenvalue weighted by Crippen LogP contribution is -2.59. The van der Waals surface area contributed by atoms with Gasteiger partial charge in [0.1, 0.15) is 5.82 Å². The van der Waals surface area contributed by atoms with Crippen LogP contribution in [-0.2, 0) is 11.2 Å². The number of carbonyl (C=O) groups excluding carboxylic acids is 1. The van der Waals surface area contributed by atoms with E-state index < -0.39 is 0 Å². The zero-order chi connectivity index (χ0) is 16.6. The SMILES string of the molecule is O=C(CNC12CC3CC(CC(C3)C1)C2)NCCc1ccccc1F. The third-order valence-electron chi connectivity index (χ3n) is 6.34. The molecule has 130 valence electrons. The van der Waals surface area contributed by atoms with Crippen LogP contribution in [0, 0.1) is 23.6 Å². The Bertz CT molecular complexity index is 580. The van der Waals surface area contributed by atoms with E-state index in [-0.39, 0.29) is 17.3 Å². The lowest BCUT2D eigenvalue weighted by Gasteiger charge is -2.57. The Balaban J connectivity index is 1.23. The molecular formula is C20H27FN2O. The second kappa shape index (κ2) is 6.47. The fraction of sp³-hybridized carbons (Fsp3) is 0.650. The molecule has 5 rings (SSSR count). The van der Waals surface area contributed by atoms with E-state index in [1.807, 2.05) is 6.07 Å². The molecule has 0 aliphatic heterocycles. The number of hydrogen-bond acceptors (Lipinski definition) is 2. The minimum atomic E-state index is -0.196. The summed E-state index contributed by atoms with van der Waals surface area (Å²) in [4.78, 5) is 12.1. The van der Waals surface area contributed by atoms with Gasteiger partial charge in [0.25, 0.3) is 0 Å². The number of benzene rings is 1. The van der Waals surface area contributed by atoms with Crippen molar-refractivity contribution in [1.82, 2.24) is 10.6 Å². The van der Waals surface area contributed by atoms with Crippen LogP contribution >= 0.6 is 0 Å². The molecule has 1 aromatic rings. The zero-order valence-corrected chi connectivity index (χ0v) is 14.2. The van der Waals surface area contributed by atoms with Gasteiger partial charge in [0.15, 0.2) is 0 Å². The van der Waals surface area contributed by atoms with Crippen LogP contribution in [0.5, 0.6) is 0 Å². The number of halogens is 1. The molecule has 0 spiro atoms. The van der Waals surface area contributed by atoms with E-state index in [0.29, 0.717) is 25.1 Å². The maximum Gasteiger partial charge on any atom is 0.233 e. The molecule has 4 bridgehead atoms. The predicted octanol–water partition coefficient (Wildman–Crippen LogP) is 3.04. The van der Waals surface area contributed by atoms with Crippen molar-refractivity contribution in [2.75, 3.05) is 13.1 Å². The number of rotatable bonds is 6. The van der Waals surface area contributed by atoms with Crippen LogP contribution in [0.25, 0.3) is 0 Å². The Morgan fingerprint density at radius 3 is 2.33 bits per heavy atom. The second-order valence-electron chi connectivity index (χ2n) is 8.24. The molecule has 4 heteroatoms. The monoisotopic (exact) mass is 330 g/mol. The average molecular weight is 330 g/mol. The number of nitrogens with one attached hydrogen (secondary N) is 2. The first-order valence-corrected chi connectivity index (χ1v) is 9.37. The van der Waals surface area contributed by atoms with Crippen molar-refractivity contribution >= 4 is 5.91 Å². The smallest absolute Gasteiger partial charge is 0.233 e. The van der Waals surface area contributed by atoms with Crippen LogP contribution < -0.4 is 10.6 Å². The standard InChI is InChI=1S/C20H27FN2O/c21-18-4-2-1-3-17(18)5-6-22-19(24)13-23-20-10-14-7-15(11-20)9-16(8-14)12-20/h1-4,14-16,23H,5-13H2,(H,22,24). The van der Waals surface area contributed by atoms with E-state index in [9.17, 15) is 9.18 Å². The van der Waals surface area contributed by atoms with Crippen molar-refractivity contribution in [2.24, 2.45) is 17.8 Å². The topological polar surface area (TPSA) is 41.1 Å². The lowest BCUT2D eigenvalue weighted by atomic mass is 9.53. The number of amides is 1. The van der Waals surface area contributed by atoms with Gasteiger partial charge in [0.2, 0.25) is 5.91 Å². The fourth-order valence-electron chi connectivity index (χ4n) is 5.70. The Kier molecular flexibility index (Phi) is 4.33. The van der Waals surface area contributed by atoms with Gasteiger partial charge in [-0.05, 0) is 74.3 Å². The van der Waals surface area contributed by atoms with Crippen LogP contribution in [0.15, 0.2) is 24.3 Å². The van der Waals surface area contributed by atoms with Gasteiger partial charge in [0, 0.05) is 12.1 Å². The first kappa shape index (κ1) is 16.1. The van der Waals surface area contributed by atoms with Crippen LogP contribution in [0.3, 0.4) is 0 Å². The summed E-state index contributed by atoms with van der Waals surface area (Å²) in [7, 11) is 0. The minimum absolute atomic E-state index is 0.0297. The Hall–Kier alpha value is -1.42. The summed E-state index contributed by atoms with van der Waals surface area (Å²) < 4.78 is 13.6. The van der Waals surface area contributed by atoms with E-state index in [1.165, 1.54) is 44.6 Å². The van der Waals surface area contributed by atoms with Crippen LogP contribution in [0.2, 0.25) is 0 Å². The highest BCUT2D eigenvalue weighted by atomic mass is 19.1. The van der Waals surface area contributed by atoms with E-state index in [4.69, 9.17) is 0 Å². The normalized spacial score (nSPS) is 33.6. The molecule has 4 aliphatic rings. The van der Waals surface area contributed by atoms with Crippen molar-refractivity contribution < 1.29 is 9.18 Å². The molecule has 3 nitrogen and oxygen atoms in total. The molecule has 4 saturated carbocycles. The van der Waals surface area contributed by atoms with Gasteiger partial charge in [-0.25, -0.2) is 4.39 Å². The third kappa shape index (κ3) is 3.34. The highest BCUT2D eigenvalue weighted by Crippen LogP contribution is 2.55. The molecule has 4 fully saturated rings. The molecule has 0 aromatic heterocycles. The van der Waals surface area contributed by atoms with Crippen molar-refractivity contribution in [1.29, 1.82) is 0 Å². The quantitative estimate of drug-likeness (QED) is 0.842. The molecule has 0 saturated heterocycles. The summed E-state index contributed by atoms with van der Waals surface area (Å²) in [5.41, 5.74) is 0.879. The fourth-order valence-corrected chi connectivity index (χ4v) is 5.70. The third-order valence-corrected chi connectivity index (χ3v) is 6.34. The number of hydrogen-bond donors (Lipinski definition) is 2. The summed E-state index contributed by atoms with van der Waals surface area (Å²) in [6, 6.07) is 6.75. The minimum Gasteiger partial charge on any atom is -0.355 e. The average Bonchev–Trinajstić information content (AvgIpc) is 2.54. The highest BCUT2D eigenvalue weighted by Gasteiger charge is 2.50. The van der Waals surface area contributed by atoms with Gasteiger partial charge in [0.05, 0.1) is 6.54 Å². The van der Waals surface area contributed by atoms with E-state index in [0.717, 1.165) is 17.8 Å². The first-order chi connectivity index (χ1) is 11.6. The predicted molar refractivity (Wildman–Crippen MR) is 92.0 cm³/mol. The summed E-state index contributed by atoms with van der Waals surface area (Å²) >= 11 is 0. The van der Waals surface area contributed by atoms with Gasteiger partial charge in [-0.3, -0.25) is 4.79 Å². The van der Waals surface area contributed by atoms with Crippen molar-refractivity contribution in [2.45, 2.75) is 50.5 Å². The maximum absolute atomic E-state index is 13.6. The maximum atomic E-state index is 13.6. The van der Waals surface area contributed by atoms with Gasteiger partial charge >= 0.3 is 0 Å². The van der Waals surface area contributed by atoms with Gasteiger partial charge in [-0.1, -0.05) is 18.2 Å². The summed E-state index contributed by atoms with van der Waals surface area (Å²) in [6.45, 7) is 0.881. The van der Waals surface area contributed by atoms with Crippen LogP contribution in [-0.4, -0.2) is 24.5 Å². The molecule has 0 radical (unpaired) electrons. The molecule has 4 aliphatic carbocycles. The molecular weight excluding hydrogens is 303 g/mol. The van der Waals surface area contributed by atoms with Crippen LogP contribution in [0.4, 0.5) is 4.39 Å². The van der Waals surface area contributed by atoms with E-state index in [2.05, 4.69) is 10.6 Å². The molecule has 0 unspecified atom stereocenters. The van der Waals surface area contributed by atoms with Gasteiger partial charge in [-0.2, -0.15) is 0 Å². The number of carbonyl (C=O) groups is 1. The van der Waals surface area contributed by atoms with Crippen molar-refractivity contribution in [3.8, 4) is 0 Å². The lowest BCUT2D eigenvalue weighted by molar-refractivity contribution is -0.121. The Labute approximate surface area is 143 Å². The zero-order valence-electron chi connectivity index (χ0n) is 14.2. The molecule has 0 atom stereocenters. The molecule has 1 aromatic carbocycles. The Morgan fingerprint density at radius 2 is 1.71 bits per heavy atom. The van der Waals surface area contributed by atoms with Gasteiger partial charge < -0.3 is 10.6 Å². The van der Waals surface area contributed by atoms with Crippen molar-refractivity contribution in [3.05, 3.63) is 35.6 Å². The van der Waals surface area contributed by atoms with Crippen LogP contribution in [0.1, 0.15) is 44.1 Å². The highest BCUT2D eigenvalue weighted by molar-refractivity contribution is 5.78. The van der Waals surface area contributed by atoms with E-state index in [1.54, 1.807) is 12.1 Å². The molecule has 1 amide bonds.